The first-order chi connectivity index (χ1) is 5.67. The van der Waals surface area contributed by atoms with Crippen LogP contribution < -0.4 is 0 Å². The first-order valence-corrected chi connectivity index (χ1v) is 5.17. The smallest absolute Gasteiger partial charge is 0.228 e. The van der Waals surface area contributed by atoms with E-state index in [1.165, 1.54) is 6.08 Å². The average Bonchev–Trinajstić information content (AvgIpc) is 2.32. The fraction of sp³-hybridized carbons (Fsp3) is 0.571. The molecule has 0 N–H and O–H groups in total. The van der Waals surface area contributed by atoms with Crippen molar-refractivity contribution in [2.45, 2.75) is 18.1 Å². The molecule has 12 heavy (non-hydrogen) atoms. The number of sulfone groups is 1. The summed E-state index contributed by atoms with van der Waals surface area (Å²) in [7, 11) is -3.03. The van der Waals surface area contributed by atoms with E-state index in [-0.39, 0.29) is 5.75 Å². The van der Waals surface area contributed by atoms with Gasteiger partial charge in [0.05, 0.1) is 5.75 Å². The molecule has 0 bridgehead atoms. The number of rotatable bonds is 0. The second kappa shape index (κ2) is 3.53. The molecule has 0 aliphatic carbocycles. The highest BCUT2D eigenvalue weighted by Crippen LogP contribution is 2.18. The first-order valence-electron chi connectivity index (χ1n) is 3.46. The van der Waals surface area contributed by atoms with Crippen molar-refractivity contribution >= 4 is 15.9 Å². The molecule has 0 aromatic heterocycles. The highest BCUT2D eigenvalue weighted by atomic mass is 32.2. The Kier molecular flexibility index (Phi) is 2.64. The lowest BCUT2D eigenvalue weighted by Crippen LogP contribution is -2.12. The largest absolute Gasteiger partial charge is 0.249 e. The monoisotopic (exact) mass is 185 g/mol. The third-order valence-electron chi connectivity index (χ3n) is 1.66. The zero-order valence-corrected chi connectivity index (χ0v) is 7.10. The molecule has 1 atom stereocenters. The number of hydrogen-bond donors (Lipinski definition) is 0. The van der Waals surface area contributed by atoms with Crippen LogP contribution in [-0.2, 0) is 14.6 Å². The number of carbonyl (C=O) groups excluding carboxylic acids is 1. The Bertz CT molecular complexity index is 367. The molecule has 1 saturated heterocycles. The molecular formula is C7H7NO3S. The minimum Gasteiger partial charge on any atom is -0.228 e. The van der Waals surface area contributed by atoms with Crippen LogP contribution >= 0.6 is 0 Å². The Hall–Kier alpha value is -1.11. The quantitative estimate of drug-likeness (QED) is 0.300. The number of aliphatic imine (C=N–C) groups is 1. The van der Waals surface area contributed by atoms with Gasteiger partial charge in [-0.05, 0) is 12.8 Å². The molecule has 4 nitrogen and oxygen atoms in total. The summed E-state index contributed by atoms with van der Waals surface area (Å²) in [4.78, 5) is 12.6. The van der Waals surface area contributed by atoms with Crippen molar-refractivity contribution < 1.29 is 13.2 Å². The Morgan fingerprint density at radius 3 is 2.67 bits per heavy atom. The van der Waals surface area contributed by atoms with Gasteiger partial charge in [0.25, 0.3) is 0 Å². The third kappa shape index (κ3) is 1.94. The standard InChI is InChI=1S/C7H7NO3S/c9-6-8-4-3-7-2-1-5-12(7,10)11/h7H,1-2,5H2. The molecular weight excluding hydrogens is 178 g/mol. The maximum atomic E-state index is 11.1. The predicted molar refractivity (Wildman–Crippen MR) is 42.7 cm³/mol. The molecule has 1 aliphatic rings. The van der Waals surface area contributed by atoms with Gasteiger partial charge in [0.1, 0.15) is 5.25 Å². The summed E-state index contributed by atoms with van der Waals surface area (Å²) in [6.45, 7) is 0. The number of hydrogen-bond acceptors (Lipinski definition) is 4. The fourth-order valence-corrected chi connectivity index (χ4v) is 2.69. The topological polar surface area (TPSA) is 63.6 Å². The Morgan fingerprint density at radius 2 is 2.17 bits per heavy atom. The van der Waals surface area contributed by atoms with Gasteiger partial charge in [0.2, 0.25) is 6.08 Å². The lowest BCUT2D eigenvalue weighted by molar-refractivity contribution is 0.565. The normalized spacial score (nSPS) is 25.2. The maximum absolute atomic E-state index is 11.1. The summed E-state index contributed by atoms with van der Waals surface area (Å²) in [5.74, 6) is 2.60. The van der Waals surface area contributed by atoms with E-state index in [0.29, 0.717) is 12.8 Å². The van der Waals surface area contributed by atoms with E-state index in [9.17, 15) is 13.2 Å². The van der Waals surface area contributed by atoms with E-state index >= 15 is 0 Å². The van der Waals surface area contributed by atoms with Crippen LogP contribution in [0.2, 0.25) is 0 Å². The predicted octanol–water partition coefficient (Wildman–Crippen LogP) is -0.140. The number of isocyanates is 1. The summed E-state index contributed by atoms with van der Waals surface area (Å²) in [6, 6.07) is 2.10. The lowest BCUT2D eigenvalue weighted by atomic mass is 10.3. The highest BCUT2D eigenvalue weighted by molar-refractivity contribution is 7.92. The zero-order chi connectivity index (χ0) is 9.03. The second-order valence-corrected chi connectivity index (χ2v) is 4.76. The van der Waals surface area contributed by atoms with Crippen molar-refractivity contribution in [3.05, 3.63) is 0 Å². The SMILES string of the molecule is O=C=NC#CC1CCCS1(=O)=O. The summed E-state index contributed by atoms with van der Waals surface area (Å²) in [6.07, 6.45) is 2.42. The van der Waals surface area contributed by atoms with Gasteiger partial charge in [0.15, 0.2) is 9.84 Å². The minimum atomic E-state index is -3.03. The van der Waals surface area contributed by atoms with Crippen molar-refractivity contribution in [3.63, 3.8) is 0 Å². The molecule has 1 rings (SSSR count). The molecule has 1 heterocycles. The van der Waals surface area contributed by atoms with Crippen molar-refractivity contribution in [2.75, 3.05) is 5.75 Å². The molecule has 1 unspecified atom stereocenters. The van der Waals surface area contributed by atoms with Crippen LogP contribution in [0.4, 0.5) is 0 Å². The van der Waals surface area contributed by atoms with Crippen LogP contribution in [0.15, 0.2) is 4.99 Å². The molecule has 64 valence electrons. The molecule has 0 amide bonds. The van der Waals surface area contributed by atoms with E-state index in [1.807, 2.05) is 0 Å². The van der Waals surface area contributed by atoms with Crippen molar-refractivity contribution in [1.82, 2.24) is 0 Å². The second-order valence-electron chi connectivity index (χ2n) is 2.46. The average molecular weight is 185 g/mol. The number of nitrogens with zero attached hydrogens (tertiary/aromatic N) is 1. The lowest BCUT2D eigenvalue weighted by Gasteiger charge is -1.96. The van der Waals surface area contributed by atoms with Gasteiger partial charge in [-0.25, -0.2) is 13.2 Å². The van der Waals surface area contributed by atoms with Gasteiger partial charge in [-0.3, -0.25) is 0 Å². The van der Waals surface area contributed by atoms with E-state index < -0.39 is 15.1 Å². The molecule has 0 aromatic carbocycles. The van der Waals surface area contributed by atoms with Gasteiger partial charge in [-0.1, -0.05) is 5.92 Å². The molecule has 1 fully saturated rings. The van der Waals surface area contributed by atoms with Gasteiger partial charge >= 0.3 is 0 Å². The van der Waals surface area contributed by atoms with Crippen LogP contribution in [0.1, 0.15) is 12.8 Å². The Labute approximate surface area is 70.6 Å². The van der Waals surface area contributed by atoms with E-state index in [0.717, 1.165) is 0 Å². The van der Waals surface area contributed by atoms with Crippen molar-refractivity contribution in [1.29, 1.82) is 0 Å². The van der Waals surface area contributed by atoms with Gasteiger partial charge < -0.3 is 0 Å². The molecule has 0 spiro atoms. The van der Waals surface area contributed by atoms with Crippen molar-refractivity contribution in [2.24, 2.45) is 4.99 Å². The fourth-order valence-electron chi connectivity index (χ4n) is 1.08. The van der Waals surface area contributed by atoms with Crippen molar-refractivity contribution in [3.8, 4) is 12.0 Å². The summed E-state index contributed by atoms with van der Waals surface area (Å²) in [5.41, 5.74) is 0. The third-order valence-corrected chi connectivity index (χ3v) is 3.73. The van der Waals surface area contributed by atoms with Gasteiger partial charge in [-0.15, -0.1) is 4.99 Å². The molecule has 0 aromatic rings. The van der Waals surface area contributed by atoms with E-state index in [2.05, 4.69) is 17.0 Å². The van der Waals surface area contributed by atoms with Crippen LogP contribution in [0, 0.1) is 12.0 Å². The van der Waals surface area contributed by atoms with E-state index in [4.69, 9.17) is 0 Å². The summed E-state index contributed by atoms with van der Waals surface area (Å²) >= 11 is 0. The van der Waals surface area contributed by atoms with Gasteiger partial charge in [-0.2, -0.15) is 0 Å². The van der Waals surface area contributed by atoms with E-state index in [1.54, 1.807) is 0 Å². The molecule has 0 saturated carbocycles. The van der Waals surface area contributed by atoms with Crippen LogP contribution in [0.5, 0.6) is 0 Å². The summed E-state index contributed by atoms with van der Waals surface area (Å²) in [5, 5.41) is -0.630. The first kappa shape index (κ1) is 8.98. The Balaban J connectivity index is 2.80. The zero-order valence-electron chi connectivity index (χ0n) is 6.28. The maximum Gasteiger partial charge on any atom is 0.249 e. The minimum absolute atomic E-state index is 0.192. The molecule has 1 aliphatic heterocycles. The van der Waals surface area contributed by atoms with Gasteiger partial charge in [0, 0.05) is 6.04 Å². The van der Waals surface area contributed by atoms with Crippen LogP contribution in [0.25, 0.3) is 0 Å². The molecule has 0 radical (unpaired) electrons. The van der Waals surface area contributed by atoms with Crippen LogP contribution in [0.3, 0.4) is 0 Å². The summed E-state index contributed by atoms with van der Waals surface area (Å²) < 4.78 is 22.2. The van der Waals surface area contributed by atoms with Crippen LogP contribution in [-0.4, -0.2) is 25.5 Å². The molecule has 5 heteroatoms. The highest BCUT2D eigenvalue weighted by Gasteiger charge is 2.29. The Morgan fingerprint density at radius 1 is 1.42 bits per heavy atom.